The zero-order valence-corrected chi connectivity index (χ0v) is 9.75. The lowest BCUT2D eigenvalue weighted by molar-refractivity contribution is -0.384. The van der Waals surface area contributed by atoms with Crippen LogP contribution in [0.3, 0.4) is 0 Å². The van der Waals surface area contributed by atoms with Gasteiger partial charge in [-0.25, -0.2) is 0 Å². The third-order valence-corrected chi connectivity index (χ3v) is 2.69. The minimum atomic E-state index is -1.76. The Morgan fingerprint density at radius 3 is 2.18 bits per heavy atom. The largest absolute Gasteiger partial charge is 0.480 e. The summed E-state index contributed by atoms with van der Waals surface area (Å²) in [6.45, 7) is 0. The van der Waals surface area contributed by atoms with Crippen molar-refractivity contribution < 1.29 is 24.7 Å². The average Bonchev–Trinajstić information content (AvgIpc) is 2.19. The Morgan fingerprint density at radius 2 is 1.82 bits per heavy atom. The van der Waals surface area contributed by atoms with Crippen molar-refractivity contribution in [3.8, 4) is 0 Å². The van der Waals surface area contributed by atoms with Crippen molar-refractivity contribution in [2.45, 2.75) is 5.92 Å². The van der Waals surface area contributed by atoms with Gasteiger partial charge in [-0.2, -0.15) is 0 Å². The maximum absolute atomic E-state index is 10.8. The molecular formula is C9H6BrNO6. The predicted molar refractivity (Wildman–Crippen MR) is 58.8 cm³/mol. The highest BCUT2D eigenvalue weighted by Crippen LogP contribution is 2.29. The molecule has 0 atom stereocenters. The molecule has 17 heavy (non-hydrogen) atoms. The Labute approximate surface area is 103 Å². The molecule has 0 unspecified atom stereocenters. The Bertz CT molecular complexity index is 486. The first-order valence-corrected chi connectivity index (χ1v) is 5.03. The molecule has 7 nitrogen and oxygen atoms in total. The second-order valence-corrected chi connectivity index (χ2v) is 3.93. The molecule has 2 N–H and O–H groups in total. The second-order valence-electron chi connectivity index (χ2n) is 3.07. The van der Waals surface area contributed by atoms with Gasteiger partial charge in [0.05, 0.1) is 4.92 Å². The Hall–Kier alpha value is -1.96. The third-order valence-electron chi connectivity index (χ3n) is 2.00. The normalized spacial score (nSPS) is 10.2. The number of carboxylic acids is 2. The standard InChI is InChI=1S/C9H6BrNO6/c10-6-3-4(11(16)17)1-2-5(6)7(8(12)13)9(14)15/h1-3,7H,(H,12,13)(H,14,15). The third kappa shape index (κ3) is 2.78. The molecule has 0 aliphatic heterocycles. The van der Waals surface area contributed by atoms with E-state index in [1.54, 1.807) is 0 Å². The highest BCUT2D eigenvalue weighted by atomic mass is 79.9. The van der Waals surface area contributed by atoms with Crippen molar-refractivity contribution >= 4 is 33.6 Å². The lowest BCUT2D eigenvalue weighted by atomic mass is 9.99. The molecular weight excluding hydrogens is 298 g/mol. The number of rotatable bonds is 4. The summed E-state index contributed by atoms with van der Waals surface area (Å²) in [5.41, 5.74) is -0.300. The Kier molecular flexibility index (Phi) is 3.79. The van der Waals surface area contributed by atoms with Crippen molar-refractivity contribution in [2.24, 2.45) is 0 Å². The molecule has 1 aromatic carbocycles. The van der Waals surface area contributed by atoms with Crippen LogP contribution in [0.1, 0.15) is 11.5 Å². The van der Waals surface area contributed by atoms with E-state index < -0.39 is 22.8 Å². The minimum Gasteiger partial charge on any atom is -0.480 e. The number of benzene rings is 1. The number of non-ortho nitro benzene ring substituents is 1. The van der Waals surface area contributed by atoms with Crippen molar-refractivity contribution in [1.82, 2.24) is 0 Å². The molecule has 0 saturated carbocycles. The van der Waals surface area contributed by atoms with E-state index in [1.165, 1.54) is 0 Å². The molecule has 0 aromatic heterocycles. The van der Waals surface area contributed by atoms with E-state index in [2.05, 4.69) is 15.9 Å². The molecule has 0 heterocycles. The Balaban J connectivity index is 3.27. The van der Waals surface area contributed by atoms with Crippen LogP contribution < -0.4 is 0 Å². The molecule has 8 heteroatoms. The van der Waals surface area contributed by atoms with Gasteiger partial charge in [0.1, 0.15) is 0 Å². The van der Waals surface area contributed by atoms with Gasteiger partial charge in [0.25, 0.3) is 5.69 Å². The van der Waals surface area contributed by atoms with Crippen LogP contribution in [0.15, 0.2) is 22.7 Å². The molecule has 0 spiro atoms. The van der Waals surface area contributed by atoms with Crippen LogP contribution in [0.25, 0.3) is 0 Å². The summed E-state index contributed by atoms with van der Waals surface area (Å²) < 4.78 is 0.0708. The number of carbonyl (C=O) groups is 2. The number of nitrogens with zero attached hydrogens (tertiary/aromatic N) is 1. The number of nitro benzene ring substituents is 1. The fraction of sp³-hybridized carbons (Fsp3) is 0.111. The molecule has 0 amide bonds. The number of nitro groups is 1. The minimum absolute atomic E-state index is 0.0457. The monoisotopic (exact) mass is 303 g/mol. The molecule has 0 aliphatic carbocycles. The van der Waals surface area contributed by atoms with Crippen molar-refractivity contribution in [3.05, 3.63) is 38.3 Å². The van der Waals surface area contributed by atoms with Crippen molar-refractivity contribution in [1.29, 1.82) is 0 Å². The van der Waals surface area contributed by atoms with E-state index in [0.717, 1.165) is 18.2 Å². The van der Waals surface area contributed by atoms with Crippen LogP contribution in [-0.4, -0.2) is 27.1 Å². The van der Waals surface area contributed by atoms with Gasteiger partial charge < -0.3 is 10.2 Å². The number of hydrogen-bond acceptors (Lipinski definition) is 4. The zero-order chi connectivity index (χ0) is 13.2. The maximum atomic E-state index is 10.8. The first-order chi connectivity index (χ1) is 7.84. The second kappa shape index (κ2) is 4.91. The van der Waals surface area contributed by atoms with Crippen LogP contribution in [-0.2, 0) is 9.59 Å². The summed E-state index contributed by atoms with van der Waals surface area (Å²) in [5, 5.41) is 28.0. The first kappa shape index (κ1) is 13.1. The van der Waals surface area contributed by atoms with Gasteiger partial charge in [-0.3, -0.25) is 19.7 Å². The van der Waals surface area contributed by atoms with Crippen molar-refractivity contribution in [3.63, 3.8) is 0 Å². The van der Waals surface area contributed by atoms with Crippen LogP contribution in [0.2, 0.25) is 0 Å². The van der Waals surface area contributed by atoms with Crippen molar-refractivity contribution in [2.75, 3.05) is 0 Å². The van der Waals surface area contributed by atoms with Gasteiger partial charge in [-0.05, 0) is 11.6 Å². The average molecular weight is 304 g/mol. The smallest absolute Gasteiger partial charge is 0.322 e. The molecule has 90 valence electrons. The maximum Gasteiger partial charge on any atom is 0.322 e. The summed E-state index contributed by atoms with van der Waals surface area (Å²) in [4.78, 5) is 31.3. The van der Waals surface area contributed by atoms with Crippen LogP contribution in [0.4, 0.5) is 5.69 Å². The SMILES string of the molecule is O=C(O)C(C(=O)O)c1ccc([N+](=O)[O-])cc1Br. The van der Waals surface area contributed by atoms with Crippen LogP contribution >= 0.6 is 15.9 Å². The molecule has 0 radical (unpaired) electrons. The van der Waals surface area contributed by atoms with E-state index in [9.17, 15) is 19.7 Å². The first-order valence-electron chi connectivity index (χ1n) is 4.24. The fourth-order valence-corrected chi connectivity index (χ4v) is 1.83. The van der Waals surface area contributed by atoms with Gasteiger partial charge >= 0.3 is 11.9 Å². The van der Waals surface area contributed by atoms with E-state index in [-0.39, 0.29) is 15.7 Å². The highest BCUT2D eigenvalue weighted by molar-refractivity contribution is 9.10. The number of halogens is 1. The van der Waals surface area contributed by atoms with E-state index in [4.69, 9.17) is 10.2 Å². The lowest BCUT2D eigenvalue weighted by Crippen LogP contribution is -2.21. The lowest BCUT2D eigenvalue weighted by Gasteiger charge is -2.09. The molecule has 1 rings (SSSR count). The highest BCUT2D eigenvalue weighted by Gasteiger charge is 2.30. The number of aliphatic carboxylic acids is 2. The number of hydrogen-bond donors (Lipinski definition) is 2. The molecule has 0 fully saturated rings. The molecule has 0 aliphatic rings. The molecule has 0 saturated heterocycles. The summed E-state index contributed by atoms with van der Waals surface area (Å²) >= 11 is 2.92. The van der Waals surface area contributed by atoms with Gasteiger partial charge in [0, 0.05) is 16.6 Å². The summed E-state index contributed by atoms with van der Waals surface area (Å²) in [6, 6.07) is 3.22. The summed E-state index contributed by atoms with van der Waals surface area (Å²) in [7, 11) is 0. The summed E-state index contributed by atoms with van der Waals surface area (Å²) in [6.07, 6.45) is 0. The van der Waals surface area contributed by atoms with E-state index in [0.29, 0.717) is 0 Å². The van der Waals surface area contributed by atoms with Gasteiger partial charge in [-0.1, -0.05) is 15.9 Å². The van der Waals surface area contributed by atoms with Gasteiger partial charge in [0.15, 0.2) is 5.92 Å². The van der Waals surface area contributed by atoms with E-state index in [1.807, 2.05) is 0 Å². The topological polar surface area (TPSA) is 118 Å². The quantitative estimate of drug-likeness (QED) is 0.495. The Morgan fingerprint density at radius 1 is 1.29 bits per heavy atom. The predicted octanol–water partition coefficient (Wildman–Crippen LogP) is 1.61. The molecule has 0 bridgehead atoms. The van der Waals surface area contributed by atoms with Crippen LogP contribution in [0, 0.1) is 10.1 Å². The van der Waals surface area contributed by atoms with Gasteiger partial charge in [-0.15, -0.1) is 0 Å². The van der Waals surface area contributed by atoms with Gasteiger partial charge in [0.2, 0.25) is 0 Å². The van der Waals surface area contributed by atoms with E-state index >= 15 is 0 Å². The molecule has 1 aromatic rings. The number of carboxylic acid groups (broad SMARTS) is 2. The summed E-state index contributed by atoms with van der Waals surface area (Å²) in [5.74, 6) is -4.83. The zero-order valence-electron chi connectivity index (χ0n) is 8.16. The van der Waals surface area contributed by atoms with Crippen LogP contribution in [0.5, 0.6) is 0 Å². The fourth-order valence-electron chi connectivity index (χ4n) is 1.24.